The topological polar surface area (TPSA) is 83.1 Å². The van der Waals surface area contributed by atoms with Gasteiger partial charge in [0.15, 0.2) is 5.16 Å². The Labute approximate surface area is 157 Å². The molecule has 1 aliphatic heterocycles. The number of amides is 2. The third-order valence-corrected chi connectivity index (χ3v) is 5.26. The SMILES string of the molecule is Cc1ccccc1OC[C@H]1CCCN(C(=O)NCCSc2ncn[nH]2)C1. The highest BCUT2D eigenvalue weighted by molar-refractivity contribution is 7.99. The molecule has 2 N–H and O–H groups in total. The van der Waals surface area contributed by atoms with E-state index in [-0.39, 0.29) is 6.03 Å². The fraction of sp³-hybridized carbons (Fsp3) is 0.500. The van der Waals surface area contributed by atoms with Gasteiger partial charge in [-0.1, -0.05) is 30.0 Å². The lowest BCUT2D eigenvalue weighted by Gasteiger charge is -2.32. The number of aryl methyl sites for hydroxylation is 1. The van der Waals surface area contributed by atoms with E-state index in [1.807, 2.05) is 36.1 Å². The number of para-hydroxylation sites is 1. The second-order valence-corrected chi connectivity index (χ2v) is 7.49. The van der Waals surface area contributed by atoms with Gasteiger partial charge in [0.1, 0.15) is 12.1 Å². The number of hydrogen-bond acceptors (Lipinski definition) is 5. The molecule has 2 aromatic rings. The number of urea groups is 1. The molecule has 0 bridgehead atoms. The van der Waals surface area contributed by atoms with E-state index in [1.54, 1.807) is 11.8 Å². The van der Waals surface area contributed by atoms with Gasteiger partial charge in [-0.3, -0.25) is 5.10 Å². The number of piperidine rings is 1. The van der Waals surface area contributed by atoms with Crippen molar-refractivity contribution in [1.29, 1.82) is 0 Å². The first-order valence-electron chi connectivity index (χ1n) is 8.92. The van der Waals surface area contributed by atoms with Crippen molar-refractivity contribution >= 4 is 17.8 Å². The summed E-state index contributed by atoms with van der Waals surface area (Å²) in [5, 5.41) is 10.3. The predicted octanol–water partition coefficient (Wildman–Crippen LogP) is 2.71. The van der Waals surface area contributed by atoms with Crippen molar-refractivity contribution in [3.05, 3.63) is 36.2 Å². The number of rotatable bonds is 7. The molecule has 7 nitrogen and oxygen atoms in total. The van der Waals surface area contributed by atoms with Crippen LogP contribution in [0.3, 0.4) is 0 Å². The van der Waals surface area contributed by atoms with Crippen molar-refractivity contribution in [2.24, 2.45) is 5.92 Å². The van der Waals surface area contributed by atoms with Gasteiger partial charge in [-0.25, -0.2) is 9.78 Å². The maximum absolute atomic E-state index is 12.4. The number of carbonyl (C=O) groups is 1. The van der Waals surface area contributed by atoms with Crippen LogP contribution in [0.2, 0.25) is 0 Å². The van der Waals surface area contributed by atoms with Gasteiger partial charge < -0.3 is 15.0 Å². The number of benzene rings is 1. The molecule has 0 radical (unpaired) electrons. The third-order valence-electron chi connectivity index (χ3n) is 4.38. The molecule has 1 aromatic heterocycles. The molecule has 0 saturated carbocycles. The molecule has 2 amide bonds. The van der Waals surface area contributed by atoms with Gasteiger partial charge in [0.25, 0.3) is 0 Å². The normalized spacial score (nSPS) is 17.1. The molecule has 0 spiro atoms. The summed E-state index contributed by atoms with van der Waals surface area (Å²) in [6, 6.07) is 8.04. The summed E-state index contributed by atoms with van der Waals surface area (Å²) >= 11 is 1.54. The molecule has 1 saturated heterocycles. The first-order valence-corrected chi connectivity index (χ1v) is 9.90. The number of aromatic nitrogens is 3. The molecule has 1 atom stereocenters. The second-order valence-electron chi connectivity index (χ2n) is 6.40. The minimum absolute atomic E-state index is 0.00348. The van der Waals surface area contributed by atoms with Gasteiger partial charge in [-0.2, -0.15) is 5.10 Å². The number of nitrogens with one attached hydrogen (secondary N) is 2. The van der Waals surface area contributed by atoms with E-state index in [2.05, 4.69) is 20.5 Å². The highest BCUT2D eigenvalue weighted by Gasteiger charge is 2.24. The second kappa shape index (κ2) is 9.47. The molecule has 1 fully saturated rings. The Balaban J connectivity index is 1.38. The highest BCUT2D eigenvalue weighted by atomic mass is 32.2. The Morgan fingerprint density at radius 2 is 2.35 bits per heavy atom. The molecule has 8 heteroatoms. The monoisotopic (exact) mass is 375 g/mol. The average molecular weight is 375 g/mol. The van der Waals surface area contributed by atoms with E-state index < -0.39 is 0 Å². The lowest BCUT2D eigenvalue weighted by atomic mass is 9.99. The number of hydrogen-bond donors (Lipinski definition) is 2. The van der Waals surface area contributed by atoms with Crippen LogP contribution >= 0.6 is 11.8 Å². The number of nitrogens with zero attached hydrogens (tertiary/aromatic N) is 3. The van der Waals surface area contributed by atoms with Gasteiger partial charge >= 0.3 is 6.03 Å². The number of ether oxygens (including phenoxy) is 1. The first kappa shape index (κ1) is 18.6. The van der Waals surface area contributed by atoms with E-state index in [4.69, 9.17) is 4.74 Å². The van der Waals surface area contributed by atoms with Crippen molar-refractivity contribution in [1.82, 2.24) is 25.4 Å². The van der Waals surface area contributed by atoms with E-state index in [0.717, 1.165) is 48.2 Å². The van der Waals surface area contributed by atoms with Crippen molar-refractivity contribution in [2.45, 2.75) is 24.9 Å². The lowest BCUT2D eigenvalue weighted by molar-refractivity contribution is 0.137. The zero-order valence-corrected chi connectivity index (χ0v) is 15.8. The molecule has 0 unspecified atom stereocenters. The Morgan fingerprint density at radius 1 is 1.46 bits per heavy atom. The standard InChI is InChI=1S/C18H25N5O2S/c1-14-5-2-3-7-16(14)25-12-15-6-4-9-23(11-15)18(24)19-8-10-26-17-20-13-21-22-17/h2-3,5,7,13,15H,4,6,8-12H2,1H3,(H,19,24)(H,20,21,22)/t15-/m0/s1. The zero-order chi connectivity index (χ0) is 18.2. The van der Waals surface area contributed by atoms with Gasteiger partial charge in [0.05, 0.1) is 6.61 Å². The fourth-order valence-corrected chi connectivity index (χ4v) is 3.63. The minimum Gasteiger partial charge on any atom is -0.493 e. The van der Waals surface area contributed by atoms with Crippen LogP contribution in [-0.4, -0.2) is 58.1 Å². The summed E-state index contributed by atoms with van der Waals surface area (Å²) < 4.78 is 5.97. The van der Waals surface area contributed by atoms with Crippen LogP contribution in [-0.2, 0) is 0 Å². The Bertz CT molecular complexity index is 695. The van der Waals surface area contributed by atoms with Crippen LogP contribution in [0.5, 0.6) is 5.75 Å². The van der Waals surface area contributed by atoms with Crippen molar-refractivity contribution in [3.63, 3.8) is 0 Å². The maximum Gasteiger partial charge on any atom is 0.317 e. The van der Waals surface area contributed by atoms with Gasteiger partial charge in [-0.05, 0) is 31.4 Å². The van der Waals surface area contributed by atoms with Crippen LogP contribution in [0, 0.1) is 12.8 Å². The van der Waals surface area contributed by atoms with Crippen molar-refractivity contribution < 1.29 is 9.53 Å². The lowest BCUT2D eigenvalue weighted by Crippen LogP contribution is -2.47. The summed E-state index contributed by atoms with van der Waals surface area (Å²) in [5.74, 6) is 2.06. The van der Waals surface area contributed by atoms with Crippen LogP contribution in [0.1, 0.15) is 18.4 Å². The number of aromatic amines is 1. The quantitative estimate of drug-likeness (QED) is 0.574. The molecule has 140 valence electrons. The average Bonchev–Trinajstić information content (AvgIpc) is 3.18. The van der Waals surface area contributed by atoms with E-state index in [9.17, 15) is 4.79 Å². The number of H-pyrrole nitrogens is 1. The molecule has 0 aliphatic carbocycles. The summed E-state index contributed by atoms with van der Waals surface area (Å²) in [7, 11) is 0. The minimum atomic E-state index is 0.00348. The molecule has 1 aromatic carbocycles. The Morgan fingerprint density at radius 3 is 3.15 bits per heavy atom. The third kappa shape index (κ3) is 5.39. The summed E-state index contributed by atoms with van der Waals surface area (Å²) in [6.07, 6.45) is 3.59. The molecule has 1 aliphatic rings. The molecular formula is C18H25N5O2S. The molecule has 2 heterocycles. The van der Waals surface area contributed by atoms with Crippen molar-refractivity contribution in [3.8, 4) is 5.75 Å². The van der Waals surface area contributed by atoms with E-state index in [1.165, 1.54) is 6.33 Å². The van der Waals surface area contributed by atoms with Crippen LogP contribution < -0.4 is 10.1 Å². The van der Waals surface area contributed by atoms with Crippen molar-refractivity contribution in [2.75, 3.05) is 32.0 Å². The van der Waals surface area contributed by atoms with Crippen LogP contribution in [0.15, 0.2) is 35.7 Å². The Hall–Kier alpha value is -2.22. The fourth-order valence-electron chi connectivity index (χ4n) is 2.99. The Kier molecular flexibility index (Phi) is 6.76. The molecule has 3 rings (SSSR count). The van der Waals surface area contributed by atoms with Crippen LogP contribution in [0.4, 0.5) is 4.79 Å². The summed E-state index contributed by atoms with van der Waals surface area (Å²) in [6.45, 7) is 4.85. The highest BCUT2D eigenvalue weighted by Crippen LogP contribution is 2.21. The summed E-state index contributed by atoms with van der Waals surface area (Å²) in [4.78, 5) is 18.3. The van der Waals surface area contributed by atoms with Crippen LogP contribution in [0.25, 0.3) is 0 Å². The van der Waals surface area contributed by atoms with Gasteiger partial charge in [0, 0.05) is 31.3 Å². The van der Waals surface area contributed by atoms with E-state index in [0.29, 0.717) is 19.1 Å². The number of thioether (sulfide) groups is 1. The predicted molar refractivity (Wildman–Crippen MR) is 101 cm³/mol. The maximum atomic E-state index is 12.4. The zero-order valence-electron chi connectivity index (χ0n) is 15.0. The number of carbonyl (C=O) groups excluding carboxylic acids is 1. The molecule has 26 heavy (non-hydrogen) atoms. The largest absolute Gasteiger partial charge is 0.493 e. The smallest absolute Gasteiger partial charge is 0.317 e. The summed E-state index contributed by atoms with van der Waals surface area (Å²) in [5.41, 5.74) is 1.14. The molecular weight excluding hydrogens is 350 g/mol. The van der Waals surface area contributed by atoms with Gasteiger partial charge in [0.2, 0.25) is 0 Å². The first-order chi connectivity index (χ1) is 12.7. The van der Waals surface area contributed by atoms with Gasteiger partial charge in [-0.15, -0.1) is 0 Å². The van der Waals surface area contributed by atoms with E-state index >= 15 is 0 Å². The number of likely N-dealkylation sites (tertiary alicyclic amines) is 1.